The van der Waals surface area contributed by atoms with Crippen LogP contribution >= 0.6 is 11.3 Å². The van der Waals surface area contributed by atoms with Crippen molar-refractivity contribution in [2.75, 3.05) is 7.11 Å². The minimum absolute atomic E-state index is 0.671. The third-order valence-electron chi connectivity index (χ3n) is 3.98. The monoisotopic (exact) mass is 285 g/mol. The molecule has 4 rings (SSSR count). The molecule has 0 saturated heterocycles. The third-order valence-corrected chi connectivity index (χ3v) is 4.85. The molecule has 0 bridgehead atoms. The van der Waals surface area contributed by atoms with E-state index in [1.165, 1.54) is 25.0 Å². The van der Waals surface area contributed by atoms with Crippen LogP contribution in [0.2, 0.25) is 0 Å². The van der Waals surface area contributed by atoms with Crippen LogP contribution in [0.3, 0.4) is 0 Å². The van der Waals surface area contributed by atoms with E-state index in [0.717, 1.165) is 27.5 Å². The number of fused-ring (bicyclic) bond motifs is 1. The first kappa shape index (κ1) is 12.0. The third kappa shape index (κ3) is 1.91. The number of thiazole rings is 1. The van der Waals surface area contributed by atoms with E-state index in [4.69, 9.17) is 14.1 Å². The maximum atomic E-state index is 5.89. The molecule has 1 aromatic carbocycles. The summed E-state index contributed by atoms with van der Waals surface area (Å²) in [5, 5.41) is 4.20. The Morgan fingerprint density at radius 3 is 2.95 bits per heavy atom. The lowest BCUT2D eigenvalue weighted by Gasteiger charge is -2.22. The Labute approximate surface area is 121 Å². The summed E-state index contributed by atoms with van der Waals surface area (Å²) in [6, 6.07) is 7.89. The molecule has 20 heavy (non-hydrogen) atoms. The summed E-state index contributed by atoms with van der Waals surface area (Å²) in [6.07, 6.45) is 3.89. The van der Waals surface area contributed by atoms with Crippen molar-refractivity contribution in [1.29, 1.82) is 0 Å². The van der Waals surface area contributed by atoms with Gasteiger partial charge in [0.05, 0.1) is 12.8 Å². The largest absolute Gasteiger partial charge is 0.497 e. The molecule has 0 aliphatic heterocycles. The predicted octanol–water partition coefficient (Wildman–Crippen LogP) is 4.83. The van der Waals surface area contributed by atoms with Gasteiger partial charge in [0.15, 0.2) is 10.8 Å². The fourth-order valence-corrected chi connectivity index (χ4v) is 3.40. The molecule has 0 spiro atoms. The van der Waals surface area contributed by atoms with E-state index in [1.807, 2.05) is 24.3 Å². The van der Waals surface area contributed by atoms with Gasteiger partial charge in [0, 0.05) is 16.7 Å². The van der Waals surface area contributed by atoms with Gasteiger partial charge in [0.25, 0.3) is 0 Å². The van der Waals surface area contributed by atoms with E-state index >= 15 is 0 Å². The van der Waals surface area contributed by atoms with Crippen molar-refractivity contribution < 1.29 is 9.15 Å². The summed E-state index contributed by atoms with van der Waals surface area (Å²) >= 11 is 1.67. The lowest BCUT2D eigenvalue weighted by atomic mass is 9.83. The van der Waals surface area contributed by atoms with Crippen molar-refractivity contribution in [3.63, 3.8) is 0 Å². The van der Waals surface area contributed by atoms with Crippen LogP contribution < -0.4 is 4.74 Å². The van der Waals surface area contributed by atoms with Gasteiger partial charge in [0.1, 0.15) is 11.3 Å². The molecule has 2 aromatic heterocycles. The van der Waals surface area contributed by atoms with Crippen LogP contribution in [0.25, 0.3) is 21.7 Å². The van der Waals surface area contributed by atoms with Gasteiger partial charge in [-0.15, -0.1) is 11.3 Å². The van der Waals surface area contributed by atoms with Crippen molar-refractivity contribution in [3.05, 3.63) is 35.3 Å². The molecule has 0 N–H and O–H groups in total. The predicted molar refractivity (Wildman–Crippen MR) is 80.5 cm³/mol. The van der Waals surface area contributed by atoms with Gasteiger partial charge >= 0.3 is 0 Å². The van der Waals surface area contributed by atoms with Crippen LogP contribution in [-0.2, 0) is 0 Å². The zero-order valence-corrected chi connectivity index (χ0v) is 12.1. The number of hydrogen-bond donors (Lipinski definition) is 0. The number of furan rings is 1. The zero-order valence-electron chi connectivity index (χ0n) is 11.3. The number of ether oxygens (including phenoxy) is 1. The Morgan fingerprint density at radius 1 is 1.30 bits per heavy atom. The van der Waals surface area contributed by atoms with Gasteiger partial charge in [0.2, 0.25) is 0 Å². The van der Waals surface area contributed by atoms with Crippen LogP contribution in [0.15, 0.2) is 34.1 Å². The first-order chi connectivity index (χ1) is 9.83. The van der Waals surface area contributed by atoms with Crippen LogP contribution in [0.1, 0.15) is 30.9 Å². The molecule has 0 atom stereocenters. The Morgan fingerprint density at radius 2 is 2.20 bits per heavy atom. The summed E-state index contributed by atoms with van der Waals surface area (Å²) in [5.41, 5.74) is 2.11. The number of hydrogen-bond acceptors (Lipinski definition) is 4. The number of nitrogens with zero attached hydrogens (tertiary/aromatic N) is 1. The number of rotatable bonds is 3. The topological polar surface area (TPSA) is 35.3 Å². The molecule has 1 fully saturated rings. The number of methoxy groups -OCH3 is 1. The Hall–Kier alpha value is -1.81. The molecule has 1 saturated carbocycles. The molecular formula is C16H15NO2S. The van der Waals surface area contributed by atoms with E-state index in [0.29, 0.717) is 5.92 Å². The SMILES string of the molecule is COc1ccc2oc(-c3nc(C4CCC4)cs3)cc2c1. The van der Waals surface area contributed by atoms with Gasteiger partial charge in [-0.2, -0.15) is 0 Å². The fourth-order valence-electron chi connectivity index (χ4n) is 2.54. The first-order valence-corrected chi connectivity index (χ1v) is 7.75. The lowest BCUT2D eigenvalue weighted by molar-refractivity contribution is 0.412. The van der Waals surface area contributed by atoms with Crippen molar-refractivity contribution in [3.8, 4) is 16.5 Å². The van der Waals surface area contributed by atoms with E-state index in [1.54, 1.807) is 18.4 Å². The average molecular weight is 285 g/mol. The molecular weight excluding hydrogens is 270 g/mol. The number of benzene rings is 1. The van der Waals surface area contributed by atoms with Crippen molar-refractivity contribution in [1.82, 2.24) is 4.98 Å². The summed E-state index contributed by atoms with van der Waals surface area (Å²) in [7, 11) is 1.67. The molecule has 4 heteroatoms. The molecule has 3 nitrogen and oxygen atoms in total. The summed E-state index contributed by atoms with van der Waals surface area (Å²) in [5.74, 6) is 2.37. The van der Waals surface area contributed by atoms with Gasteiger partial charge in [-0.25, -0.2) is 4.98 Å². The highest BCUT2D eigenvalue weighted by molar-refractivity contribution is 7.13. The van der Waals surface area contributed by atoms with Gasteiger partial charge in [-0.3, -0.25) is 0 Å². The Balaban J connectivity index is 1.71. The Bertz CT molecular complexity index is 755. The van der Waals surface area contributed by atoms with Gasteiger partial charge in [-0.05, 0) is 37.1 Å². The molecule has 1 aliphatic rings. The minimum Gasteiger partial charge on any atom is -0.497 e. The quantitative estimate of drug-likeness (QED) is 0.691. The van der Waals surface area contributed by atoms with Crippen molar-refractivity contribution in [2.24, 2.45) is 0 Å². The zero-order chi connectivity index (χ0) is 13.5. The van der Waals surface area contributed by atoms with Gasteiger partial charge in [-0.1, -0.05) is 6.42 Å². The molecule has 0 amide bonds. The highest BCUT2D eigenvalue weighted by atomic mass is 32.1. The standard InChI is InChI=1S/C16H15NO2S/c1-18-12-5-6-14-11(7-12)8-15(19-14)16-17-13(9-20-16)10-3-2-4-10/h5-10H,2-4H2,1H3. The second-order valence-corrected chi connectivity index (χ2v) is 6.08. The van der Waals surface area contributed by atoms with Crippen LogP contribution in [0, 0.1) is 0 Å². The van der Waals surface area contributed by atoms with Gasteiger partial charge < -0.3 is 9.15 Å². The minimum atomic E-state index is 0.671. The highest BCUT2D eigenvalue weighted by Crippen LogP contribution is 2.39. The first-order valence-electron chi connectivity index (χ1n) is 6.87. The average Bonchev–Trinajstić information content (AvgIpc) is 3.01. The molecule has 102 valence electrons. The van der Waals surface area contributed by atoms with E-state index < -0.39 is 0 Å². The van der Waals surface area contributed by atoms with Crippen LogP contribution in [0.5, 0.6) is 5.75 Å². The van der Waals surface area contributed by atoms with E-state index in [2.05, 4.69) is 5.38 Å². The molecule has 0 unspecified atom stereocenters. The lowest BCUT2D eigenvalue weighted by Crippen LogP contribution is -2.08. The summed E-state index contributed by atoms with van der Waals surface area (Å²) < 4.78 is 11.1. The maximum absolute atomic E-state index is 5.89. The second kappa shape index (κ2) is 4.63. The summed E-state index contributed by atoms with van der Waals surface area (Å²) in [6.45, 7) is 0. The maximum Gasteiger partial charge on any atom is 0.164 e. The molecule has 2 heterocycles. The van der Waals surface area contributed by atoms with Crippen molar-refractivity contribution >= 4 is 22.3 Å². The van der Waals surface area contributed by atoms with Crippen LogP contribution in [-0.4, -0.2) is 12.1 Å². The highest BCUT2D eigenvalue weighted by Gasteiger charge is 2.22. The molecule has 3 aromatic rings. The normalized spacial score (nSPS) is 15.4. The number of aromatic nitrogens is 1. The van der Waals surface area contributed by atoms with E-state index in [9.17, 15) is 0 Å². The second-order valence-electron chi connectivity index (χ2n) is 5.22. The van der Waals surface area contributed by atoms with Crippen LogP contribution in [0.4, 0.5) is 0 Å². The van der Waals surface area contributed by atoms with E-state index in [-0.39, 0.29) is 0 Å². The van der Waals surface area contributed by atoms with Crippen molar-refractivity contribution in [2.45, 2.75) is 25.2 Å². The smallest absolute Gasteiger partial charge is 0.164 e. The Kier molecular flexibility index (Phi) is 2.77. The molecule has 1 aliphatic carbocycles. The fraction of sp³-hybridized carbons (Fsp3) is 0.312. The molecule has 0 radical (unpaired) electrons. The summed E-state index contributed by atoms with van der Waals surface area (Å²) in [4.78, 5) is 4.73.